The molecule has 0 atom stereocenters. The Morgan fingerprint density at radius 1 is 1.16 bits per heavy atom. The van der Waals surface area contributed by atoms with Crippen LogP contribution in [0.5, 0.6) is 11.6 Å². The number of methoxy groups -OCH3 is 1. The minimum atomic E-state index is 0.130. The number of aryl methyl sites for hydroxylation is 1. The molecule has 4 heteroatoms. The van der Waals surface area contributed by atoms with Gasteiger partial charge in [0.15, 0.2) is 0 Å². The molecule has 1 aromatic heterocycles. The van der Waals surface area contributed by atoms with E-state index >= 15 is 0 Å². The maximum absolute atomic E-state index is 9.70. The minimum absolute atomic E-state index is 0.130. The zero-order valence-electron chi connectivity index (χ0n) is 10.8. The van der Waals surface area contributed by atoms with E-state index in [1.165, 1.54) is 4.68 Å². The van der Waals surface area contributed by atoms with Crippen LogP contribution in [0.15, 0.2) is 42.5 Å². The minimum Gasteiger partial charge on any atom is -0.496 e. The molecule has 0 spiro atoms. The molecule has 19 heavy (non-hydrogen) atoms. The van der Waals surface area contributed by atoms with Gasteiger partial charge in [-0.05, 0) is 16.8 Å². The van der Waals surface area contributed by atoms with Gasteiger partial charge in [0.2, 0.25) is 5.88 Å². The van der Waals surface area contributed by atoms with E-state index in [0.717, 1.165) is 22.1 Å². The summed E-state index contributed by atoms with van der Waals surface area (Å²) in [6.45, 7) is 0. The first-order valence-corrected chi connectivity index (χ1v) is 6.00. The van der Waals surface area contributed by atoms with E-state index in [9.17, 15) is 5.11 Å². The van der Waals surface area contributed by atoms with Crippen molar-refractivity contribution in [3.63, 3.8) is 0 Å². The van der Waals surface area contributed by atoms with Crippen molar-refractivity contribution < 1.29 is 9.84 Å². The Balaban J connectivity index is 2.36. The number of ether oxygens (including phenoxy) is 1. The van der Waals surface area contributed by atoms with E-state index in [1.54, 1.807) is 20.2 Å². The zero-order valence-corrected chi connectivity index (χ0v) is 10.8. The van der Waals surface area contributed by atoms with Crippen LogP contribution < -0.4 is 4.74 Å². The van der Waals surface area contributed by atoms with Crippen molar-refractivity contribution in [1.29, 1.82) is 0 Å². The highest BCUT2D eigenvalue weighted by Crippen LogP contribution is 2.37. The number of hydrogen-bond acceptors (Lipinski definition) is 3. The Kier molecular flexibility index (Phi) is 2.63. The van der Waals surface area contributed by atoms with Crippen LogP contribution in [-0.2, 0) is 7.05 Å². The summed E-state index contributed by atoms with van der Waals surface area (Å²) in [4.78, 5) is 0. The molecule has 0 aliphatic carbocycles. The number of fused-ring (bicyclic) bond motifs is 1. The van der Waals surface area contributed by atoms with Crippen LogP contribution in [0.1, 0.15) is 0 Å². The number of benzene rings is 2. The van der Waals surface area contributed by atoms with Gasteiger partial charge >= 0.3 is 0 Å². The average Bonchev–Trinajstić information content (AvgIpc) is 2.77. The molecule has 0 amide bonds. The SMILES string of the molecule is COc1ccc2ccccc2c1-c1cc(O)n(C)n1. The summed E-state index contributed by atoms with van der Waals surface area (Å²) in [6, 6.07) is 13.6. The number of nitrogens with zero attached hydrogens (tertiary/aromatic N) is 2. The molecule has 0 radical (unpaired) electrons. The quantitative estimate of drug-likeness (QED) is 0.764. The molecule has 0 bridgehead atoms. The third-order valence-electron chi connectivity index (χ3n) is 3.22. The van der Waals surface area contributed by atoms with Gasteiger partial charge in [-0.25, -0.2) is 4.68 Å². The Morgan fingerprint density at radius 3 is 2.63 bits per heavy atom. The highest BCUT2D eigenvalue weighted by molar-refractivity contribution is 5.99. The van der Waals surface area contributed by atoms with Crippen molar-refractivity contribution in [3.05, 3.63) is 42.5 Å². The van der Waals surface area contributed by atoms with Crippen molar-refractivity contribution in [2.75, 3.05) is 7.11 Å². The molecule has 3 aromatic rings. The second-order valence-electron chi connectivity index (χ2n) is 4.38. The summed E-state index contributed by atoms with van der Waals surface area (Å²) in [5, 5.41) is 16.2. The molecule has 1 N–H and O–H groups in total. The van der Waals surface area contributed by atoms with Gasteiger partial charge in [0.1, 0.15) is 11.4 Å². The van der Waals surface area contributed by atoms with Gasteiger partial charge in [-0.1, -0.05) is 30.3 Å². The smallest absolute Gasteiger partial charge is 0.209 e. The van der Waals surface area contributed by atoms with E-state index in [1.807, 2.05) is 36.4 Å². The van der Waals surface area contributed by atoms with E-state index in [4.69, 9.17) is 4.74 Å². The first-order valence-electron chi connectivity index (χ1n) is 6.00. The molecule has 4 nitrogen and oxygen atoms in total. The van der Waals surface area contributed by atoms with Crippen LogP contribution in [0, 0.1) is 0 Å². The summed E-state index contributed by atoms with van der Waals surface area (Å²) >= 11 is 0. The molecule has 3 rings (SSSR count). The lowest BCUT2D eigenvalue weighted by Crippen LogP contribution is -1.92. The van der Waals surface area contributed by atoms with Crippen molar-refractivity contribution in [2.45, 2.75) is 0 Å². The third kappa shape index (κ3) is 1.81. The summed E-state index contributed by atoms with van der Waals surface area (Å²) in [6.07, 6.45) is 0. The molecule has 0 fully saturated rings. The fourth-order valence-electron chi connectivity index (χ4n) is 2.27. The van der Waals surface area contributed by atoms with Crippen LogP contribution in [0.4, 0.5) is 0 Å². The number of hydrogen-bond donors (Lipinski definition) is 1. The van der Waals surface area contributed by atoms with E-state index in [2.05, 4.69) is 5.10 Å². The maximum Gasteiger partial charge on any atom is 0.209 e. The topological polar surface area (TPSA) is 47.3 Å². The van der Waals surface area contributed by atoms with Crippen molar-refractivity contribution >= 4 is 10.8 Å². The first-order chi connectivity index (χ1) is 9.20. The monoisotopic (exact) mass is 254 g/mol. The Morgan fingerprint density at radius 2 is 1.95 bits per heavy atom. The Hall–Kier alpha value is -2.49. The van der Waals surface area contributed by atoms with Gasteiger partial charge in [0.25, 0.3) is 0 Å². The lowest BCUT2D eigenvalue weighted by atomic mass is 10.0. The number of aromatic hydroxyl groups is 1. The summed E-state index contributed by atoms with van der Waals surface area (Å²) in [5.41, 5.74) is 1.60. The summed E-state index contributed by atoms with van der Waals surface area (Å²) < 4.78 is 6.87. The third-order valence-corrected chi connectivity index (χ3v) is 3.22. The zero-order chi connectivity index (χ0) is 13.4. The summed E-state index contributed by atoms with van der Waals surface area (Å²) in [7, 11) is 3.34. The average molecular weight is 254 g/mol. The van der Waals surface area contributed by atoms with Crippen molar-refractivity contribution in [2.24, 2.45) is 7.05 Å². The van der Waals surface area contributed by atoms with Gasteiger partial charge in [-0.15, -0.1) is 0 Å². The van der Waals surface area contributed by atoms with Gasteiger partial charge in [-0.2, -0.15) is 5.10 Å². The molecular weight excluding hydrogens is 240 g/mol. The highest BCUT2D eigenvalue weighted by Gasteiger charge is 2.14. The standard InChI is InChI=1S/C15H14N2O2/c1-17-14(18)9-12(16-17)15-11-6-4-3-5-10(11)7-8-13(15)19-2/h3-9,18H,1-2H3. The largest absolute Gasteiger partial charge is 0.496 e. The molecule has 0 aliphatic rings. The second-order valence-corrected chi connectivity index (χ2v) is 4.38. The molecule has 1 heterocycles. The molecule has 0 aliphatic heterocycles. The molecule has 2 aromatic carbocycles. The fraction of sp³-hybridized carbons (Fsp3) is 0.133. The van der Waals surface area contributed by atoms with Gasteiger partial charge in [0, 0.05) is 13.1 Å². The van der Waals surface area contributed by atoms with E-state index in [0.29, 0.717) is 5.69 Å². The lowest BCUT2D eigenvalue weighted by Gasteiger charge is -2.09. The Labute approximate surface area is 110 Å². The first kappa shape index (κ1) is 11.6. The van der Waals surface area contributed by atoms with Gasteiger partial charge in [-0.3, -0.25) is 0 Å². The summed E-state index contributed by atoms with van der Waals surface area (Å²) in [5.74, 6) is 0.877. The predicted molar refractivity (Wildman–Crippen MR) is 74.4 cm³/mol. The van der Waals surface area contributed by atoms with Crippen molar-refractivity contribution in [3.8, 4) is 22.9 Å². The van der Waals surface area contributed by atoms with Crippen LogP contribution in [0.2, 0.25) is 0 Å². The van der Waals surface area contributed by atoms with E-state index in [-0.39, 0.29) is 5.88 Å². The van der Waals surface area contributed by atoms with Crippen molar-refractivity contribution in [1.82, 2.24) is 9.78 Å². The molecular formula is C15H14N2O2. The predicted octanol–water partition coefficient (Wildman–Crippen LogP) is 2.95. The molecule has 0 saturated heterocycles. The second kappa shape index (κ2) is 4.31. The van der Waals surface area contributed by atoms with Crippen LogP contribution in [0.25, 0.3) is 22.0 Å². The highest BCUT2D eigenvalue weighted by atomic mass is 16.5. The van der Waals surface area contributed by atoms with Crippen LogP contribution in [-0.4, -0.2) is 22.0 Å². The molecule has 0 saturated carbocycles. The normalized spacial score (nSPS) is 10.8. The van der Waals surface area contributed by atoms with E-state index < -0.39 is 0 Å². The lowest BCUT2D eigenvalue weighted by molar-refractivity contribution is 0.416. The van der Waals surface area contributed by atoms with Gasteiger partial charge < -0.3 is 9.84 Å². The van der Waals surface area contributed by atoms with Gasteiger partial charge in [0.05, 0.1) is 12.7 Å². The number of aromatic nitrogens is 2. The Bertz CT molecular complexity index is 727. The molecule has 96 valence electrons. The maximum atomic E-state index is 9.70. The molecule has 0 unspecified atom stereocenters. The van der Waals surface area contributed by atoms with Crippen LogP contribution >= 0.6 is 0 Å². The van der Waals surface area contributed by atoms with Crippen LogP contribution in [0.3, 0.4) is 0 Å². The fourth-order valence-corrected chi connectivity index (χ4v) is 2.27. The number of rotatable bonds is 2.